The van der Waals surface area contributed by atoms with E-state index in [4.69, 9.17) is 11.6 Å². The van der Waals surface area contributed by atoms with Gasteiger partial charge in [-0.1, -0.05) is 22.9 Å². The summed E-state index contributed by atoms with van der Waals surface area (Å²) in [6.07, 6.45) is 3.36. The molecule has 0 aliphatic heterocycles. The van der Waals surface area contributed by atoms with Gasteiger partial charge in [-0.25, -0.2) is 0 Å². The first-order valence-electron chi connectivity index (χ1n) is 8.36. The molecule has 0 atom stereocenters. The monoisotopic (exact) mass is 411 g/mol. The molecular formula is C18H14ClN7OS. The second kappa shape index (κ2) is 7.07. The highest BCUT2D eigenvalue weighted by molar-refractivity contribution is 7.18. The summed E-state index contributed by atoms with van der Waals surface area (Å²) in [6, 6.07) is 7.11. The Bertz CT molecular complexity index is 1280. The van der Waals surface area contributed by atoms with Crippen molar-refractivity contribution in [2.24, 2.45) is 0 Å². The minimum absolute atomic E-state index is 0.0735. The highest BCUT2D eigenvalue weighted by Gasteiger charge is 2.15. The molecule has 10 heteroatoms. The number of pyridine rings is 1. The summed E-state index contributed by atoms with van der Waals surface area (Å²) in [5.74, 6) is 0. The Kier molecular flexibility index (Phi) is 4.58. The summed E-state index contributed by atoms with van der Waals surface area (Å²) in [7, 11) is 0. The maximum absolute atomic E-state index is 12.3. The van der Waals surface area contributed by atoms with Crippen molar-refractivity contribution in [1.82, 2.24) is 25.0 Å². The zero-order chi connectivity index (χ0) is 19.8. The lowest BCUT2D eigenvalue weighted by atomic mass is 10.2. The zero-order valence-corrected chi connectivity index (χ0v) is 16.5. The molecule has 4 rings (SSSR count). The Balaban J connectivity index is 1.70. The van der Waals surface area contributed by atoms with Crippen LogP contribution in [0.2, 0.25) is 5.02 Å². The predicted octanol–water partition coefficient (Wildman–Crippen LogP) is 4.09. The van der Waals surface area contributed by atoms with E-state index in [0.29, 0.717) is 26.4 Å². The van der Waals surface area contributed by atoms with E-state index in [9.17, 15) is 10.1 Å². The third-order valence-corrected chi connectivity index (χ3v) is 5.49. The second-order valence-electron chi connectivity index (χ2n) is 6.36. The standard InChI is InChI=1S/C18H14ClN7OS/c1-9(2)26-8-11(5-10(6-20)17(26)27)16-24-25-18(28-16)22-14-4-3-13-12(15(14)19)7-21-23-13/h3-5,7-9H,1-2H3,(H,21,23)(H,22,25). The van der Waals surface area contributed by atoms with Gasteiger partial charge in [0.1, 0.15) is 11.6 Å². The number of aromatic amines is 1. The first-order valence-corrected chi connectivity index (χ1v) is 9.56. The van der Waals surface area contributed by atoms with Crippen LogP contribution in [-0.2, 0) is 0 Å². The lowest BCUT2D eigenvalue weighted by molar-refractivity contribution is 0.578. The van der Waals surface area contributed by atoms with Crippen molar-refractivity contribution >= 4 is 44.7 Å². The van der Waals surface area contributed by atoms with Crippen LogP contribution in [0.25, 0.3) is 21.5 Å². The molecule has 4 aromatic rings. The maximum Gasteiger partial charge on any atom is 0.268 e. The Morgan fingerprint density at radius 2 is 2.18 bits per heavy atom. The van der Waals surface area contributed by atoms with Crippen molar-refractivity contribution in [3.63, 3.8) is 0 Å². The van der Waals surface area contributed by atoms with E-state index in [2.05, 4.69) is 25.7 Å². The van der Waals surface area contributed by atoms with Gasteiger partial charge in [0.2, 0.25) is 5.13 Å². The Morgan fingerprint density at radius 1 is 1.36 bits per heavy atom. The number of nitriles is 1. The van der Waals surface area contributed by atoms with E-state index in [1.165, 1.54) is 22.0 Å². The number of benzene rings is 1. The fraction of sp³-hybridized carbons (Fsp3) is 0.167. The summed E-state index contributed by atoms with van der Waals surface area (Å²) in [6.45, 7) is 3.76. The van der Waals surface area contributed by atoms with Gasteiger partial charge in [0.05, 0.1) is 22.4 Å². The van der Waals surface area contributed by atoms with Crippen molar-refractivity contribution in [2.45, 2.75) is 19.9 Å². The molecule has 3 heterocycles. The topological polar surface area (TPSA) is 112 Å². The number of hydrogen-bond acceptors (Lipinski definition) is 7. The van der Waals surface area contributed by atoms with Crippen molar-refractivity contribution in [3.8, 4) is 16.6 Å². The normalized spacial score (nSPS) is 11.1. The van der Waals surface area contributed by atoms with Crippen molar-refractivity contribution in [2.75, 3.05) is 5.32 Å². The summed E-state index contributed by atoms with van der Waals surface area (Å²) in [5, 5.41) is 30.1. The highest BCUT2D eigenvalue weighted by Crippen LogP contribution is 2.34. The smallest absolute Gasteiger partial charge is 0.268 e. The molecule has 0 bridgehead atoms. The van der Waals surface area contributed by atoms with Gasteiger partial charge in [0.25, 0.3) is 5.56 Å². The first kappa shape index (κ1) is 18.2. The number of H-pyrrole nitrogens is 1. The Labute approximate surface area is 168 Å². The fourth-order valence-electron chi connectivity index (χ4n) is 2.77. The van der Waals surface area contributed by atoms with Crippen LogP contribution in [0.4, 0.5) is 10.8 Å². The number of nitrogens with one attached hydrogen (secondary N) is 2. The van der Waals surface area contributed by atoms with Crippen LogP contribution in [0.5, 0.6) is 0 Å². The summed E-state index contributed by atoms with van der Waals surface area (Å²) in [4.78, 5) is 12.3. The predicted molar refractivity (Wildman–Crippen MR) is 109 cm³/mol. The molecule has 140 valence electrons. The van der Waals surface area contributed by atoms with Crippen molar-refractivity contribution in [1.29, 1.82) is 5.26 Å². The Morgan fingerprint density at radius 3 is 2.93 bits per heavy atom. The number of fused-ring (bicyclic) bond motifs is 1. The van der Waals surface area contributed by atoms with Gasteiger partial charge in [-0.15, -0.1) is 10.2 Å². The van der Waals surface area contributed by atoms with Gasteiger partial charge in [0, 0.05) is 23.2 Å². The van der Waals surface area contributed by atoms with Crippen LogP contribution in [0.15, 0.2) is 35.4 Å². The van der Waals surface area contributed by atoms with Crippen LogP contribution in [0.1, 0.15) is 25.5 Å². The molecular weight excluding hydrogens is 398 g/mol. The average molecular weight is 412 g/mol. The Hall–Kier alpha value is -3.22. The highest BCUT2D eigenvalue weighted by atomic mass is 35.5. The molecule has 0 spiro atoms. The summed E-state index contributed by atoms with van der Waals surface area (Å²) >= 11 is 7.73. The fourth-order valence-corrected chi connectivity index (χ4v) is 3.77. The minimum Gasteiger partial charge on any atom is -0.329 e. The largest absolute Gasteiger partial charge is 0.329 e. The molecule has 0 amide bonds. The molecule has 28 heavy (non-hydrogen) atoms. The zero-order valence-electron chi connectivity index (χ0n) is 14.9. The number of nitrogens with zero attached hydrogens (tertiary/aromatic N) is 5. The molecule has 0 aliphatic rings. The molecule has 3 aromatic heterocycles. The first-order chi connectivity index (χ1) is 13.5. The quantitative estimate of drug-likeness (QED) is 0.523. The molecule has 0 saturated heterocycles. The van der Waals surface area contributed by atoms with E-state index >= 15 is 0 Å². The van der Waals surface area contributed by atoms with E-state index in [1.807, 2.05) is 32.0 Å². The number of anilines is 2. The van der Waals surface area contributed by atoms with E-state index in [-0.39, 0.29) is 17.2 Å². The molecule has 0 unspecified atom stereocenters. The third-order valence-electron chi connectivity index (χ3n) is 4.19. The molecule has 0 saturated carbocycles. The lowest BCUT2D eigenvalue weighted by Crippen LogP contribution is -2.23. The minimum atomic E-state index is -0.315. The molecule has 1 aromatic carbocycles. The molecule has 0 fully saturated rings. The van der Waals surface area contributed by atoms with E-state index in [0.717, 1.165) is 10.9 Å². The number of hydrogen-bond donors (Lipinski definition) is 2. The second-order valence-corrected chi connectivity index (χ2v) is 7.71. The molecule has 0 aliphatic carbocycles. The van der Waals surface area contributed by atoms with Crippen LogP contribution in [-0.4, -0.2) is 25.0 Å². The van der Waals surface area contributed by atoms with Crippen LogP contribution in [0.3, 0.4) is 0 Å². The number of halogens is 1. The molecule has 2 N–H and O–H groups in total. The molecule has 0 radical (unpaired) electrons. The van der Waals surface area contributed by atoms with E-state index < -0.39 is 0 Å². The van der Waals surface area contributed by atoms with Gasteiger partial charge in [0.15, 0.2) is 5.01 Å². The van der Waals surface area contributed by atoms with Crippen LogP contribution < -0.4 is 10.9 Å². The number of rotatable bonds is 4. The summed E-state index contributed by atoms with van der Waals surface area (Å²) < 4.78 is 1.52. The molecule has 8 nitrogen and oxygen atoms in total. The lowest BCUT2D eigenvalue weighted by Gasteiger charge is -2.11. The number of aromatic nitrogens is 5. The summed E-state index contributed by atoms with van der Waals surface area (Å²) in [5.41, 5.74) is 1.94. The van der Waals surface area contributed by atoms with Gasteiger partial charge in [-0.05, 0) is 32.0 Å². The average Bonchev–Trinajstić information content (AvgIpc) is 3.34. The van der Waals surface area contributed by atoms with E-state index in [1.54, 1.807) is 12.4 Å². The maximum atomic E-state index is 12.3. The van der Waals surface area contributed by atoms with Gasteiger partial charge >= 0.3 is 0 Å². The van der Waals surface area contributed by atoms with Crippen molar-refractivity contribution in [3.05, 3.63) is 51.5 Å². The van der Waals surface area contributed by atoms with Crippen molar-refractivity contribution < 1.29 is 0 Å². The van der Waals surface area contributed by atoms with Gasteiger partial charge in [-0.2, -0.15) is 10.4 Å². The van der Waals surface area contributed by atoms with Crippen LogP contribution >= 0.6 is 22.9 Å². The van der Waals surface area contributed by atoms with Gasteiger partial charge < -0.3 is 9.88 Å². The van der Waals surface area contributed by atoms with Crippen LogP contribution in [0, 0.1) is 11.3 Å². The van der Waals surface area contributed by atoms with Gasteiger partial charge in [-0.3, -0.25) is 9.89 Å². The third kappa shape index (κ3) is 3.13. The SMILES string of the molecule is CC(C)n1cc(-c2nnc(Nc3ccc4[nH]ncc4c3Cl)s2)cc(C#N)c1=O.